The normalized spacial score (nSPS) is 11.7. The van der Waals surface area contributed by atoms with E-state index in [2.05, 4.69) is 30.7 Å². The molecule has 2 heterocycles. The Bertz CT molecular complexity index is 1090. The number of nitrogens with zero attached hydrogens (tertiary/aromatic N) is 1. The second-order valence-corrected chi connectivity index (χ2v) is 7.80. The summed E-state index contributed by atoms with van der Waals surface area (Å²) in [5, 5.41) is 0.838. The Morgan fingerprint density at radius 2 is 1.92 bits per heavy atom. The fourth-order valence-electron chi connectivity index (χ4n) is 3.08. The number of hydrogen-bond acceptors (Lipinski definition) is 3. The van der Waals surface area contributed by atoms with Crippen LogP contribution in [-0.4, -0.2) is 15.9 Å². The fourth-order valence-corrected chi connectivity index (χ4v) is 3.53. The molecular weight excluding hydrogens is 350 g/mol. The molecule has 0 saturated carbocycles. The minimum atomic E-state index is -0.734. The van der Waals surface area contributed by atoms with E-state index in [-0.39, 0.29) is 21.9 Å². The number of primary amides is 1. The van der Waals surface area contributed by atoms with Gasteiger partial charge in [0.05, 0.1) is 16.6 Å². The molecule has 1 aromatic carbocycles. The maximum atomic E-state index is 12.6. The number of nitrogens with one attached hydrogen (secondary N) is 1. The molecule has 26 heavy (non-hydrogen) atoms. The molecule has 3 aromatic rings. The van der Waals surface area contributed by atoms with Gasteiger partial charge in [-0.3, -0.25) is 14.6 Å². The van der Waals surface area contributed by atoms with Crippen molar-refractivity contribution in [1.82, 2.24) is 9.97 Å². The van der Waals surface area contributed by atoms with E-state index >= 15 is 0 Å². The zero-order valence-electron chi connectivity index (χ0n) is 15.1. The van der Waals surface area contributed by atoms with E-state index in [0.717, 1.165) is 16.7 Å². The van der Waals surface area contributed by atoms with Gasteiger partial charge in [-0.05, 0) is 35.6 Å². The van der Waals surface area contributed by atoms with Crippen LogP contribution in [0.2, 0.25) is 5.02 Å². The van der Waals surface area contributed by atoms with E-state index in [9.17, 15) is 9.59 Å². The van der Waals surface area contributed by atoms with E-state index in [1.54, 1.807) is 6.07 Å². The molecule has 0 aliphatic carbocycles. The van der Waals surface area contributed by atoms with Crippen molar-refractivity contribution < 1.29 is 4.79 Å². The Balaban J connectivity index is 2.26. The molecule has 0 radical (unpaired) electrons. The van der Waals surface area contributed by atoms with E-state index in [4.69, 9.17) is 17.3 Å². The summed E-state index contributed by atoms with van der Waals surface area (Å²) in [4.78, 5) is 31.3. The molecule has 3 rings (SSSR count). The first kappa shape index (κ1) is 18.1. The lowest BCUT2D eigenvalue weighted by atomic mass is 9.85. The van der Waals surface area contributed by atoms with Gasteiger partial charge in [-0.15, -0.1) is 0 Å². The Kier molecular flexibility index (Phi) is 4.36. The molecular formula is C20H20ClN3O2. The van der Waals surface area contributed by atoms with Crippen molar-refractivity contribution in [2.75, 3.05) is 0 Å². The molecule has 0 fully saturated rings. The highest BCUT2D eigenvalue weighted by Crippen LogP contribution is 2.35. The molecule has 0 aliphatic heterocycles. The van der Waals surface area contributed by atoms with Crippen LogP contribution in [0.4, 0.5) is 0 Å². The van der Waals surface area contributed by atoms with Gasteiger partial charge in [0, 0.05) is 22.8 Å². The van der Waals surface area contributed by atoms with Crippen LogP contribution in [-0.2, 0) is 5.41 Å². The van der Waals surface area contributed by atoms with E-state index in [1.807, 2.05) is 19.1 Å². The third-order valence-electron chi connectivity index (χ3n) is 4.39. The minimum Gasteiger partial charge on any atom is -0.364 e. The highest BCUT2D eigenvalue weighted by atomic mass is 35.5. The molecule has 0 aliphatic rings. The third-order valence-corrected chi connectivity index (χ3v) is 4.70. The summed E-state index contributed by atoms with van der Waals surface area (Å²) < 4.78 is 0. The number of carbonyl (C=O) groups is 1. The van der Waals surface area contributed by atoms with Gasteiger partial charge < -0.3 is 10.7 Å². The van der Waals surface area contributed by atoms with Crippen LogP contribution in [0.25, 0.3) is 22.2 Å². The zero-order valence-corrected chi connectivity index (χ0v) is 15.9. The predicted molar refractivity (Wildman–Crippen MR) is 105 cm³/mol. The van der Waals surface area contributed by atoms with Gasteiger partial charge >= 0.3 is 0 Å². The SMILES string of the molecule is Cc1cc(C(C)(C)C)c(Cl)cc1-c1cc(=O)c2c(C(N)=O)nccc2[nH]1. The highest BCUT2D eigenvalue weighted by molar-refractivity contribution is 6.31. The summed E-state index contributed by atoms with van der Waals surface area (Å²) in [5.41, 5.74) is 8.91. The maximum absolute atomic E-state index is 12.6. The molecule has 0 atom stereocenters. The lowest BCUT2D eigenvalue weighted by Crippen LogP contribution is -2.17. The van der Waals surface area contributed by atoms with Gasteiger partial charge in [0.15, 0.2) is 5.43 Å². The quantitative estimate of drug-likeness (QED) is 0.716. The molecule has 3 N–H and O–H groups in total. The third kappa shape index (κ3) is 3.10. The molecule has 6 heteroatoms. The van der Waals surface area contributed by atoms with Gasteiger partial charge in [0.25, 0.3) is 5.91 Å². The summed E-state index contributed by atoms with van der Waals surface area (Å²) in [5.74, 6) is -0.734. The maximum Gasteiger partial charge on any atom is 0.268 e. The number of aromatic amines is 1. The van der Waals surface area contributed by atoms with Crippen molar-refractivity contribution in [3.05, 3.63) is 62.5 Å². The lowest BCUT2D eigenvalue weighted by molar-refractivity contribution is 0.0997. The summed E-state index contributed by atoms with van der Waals surface area (Å²) in [6.07, 6.45) is 1.45. The Hall–Kier alpha value is -2.66. The smallest absolute Gasteiger partial charge is 0.268 e. The molecule has 0 unspecified atom stereocenters. The predicted octanol–water partition coefficient (Wildman–Crippen LogP) is 3.95. The van der Waals surface area contributed by atoms with Crippen LogP contribution >= 0.6 is 11.6 Å². The molecule has 0 saturated heterocycles. The van der Waals surface area contributed by atoms with Crippen molar-refractivity contribution in [2.24, 2.45) is 5.73 Å². The molecule has 1 amide bonds. The van der Waals surface area contributed by atoms with Crippen LogP contribution in [0.1, 0.15) is 42.4 Å². The van der Waals surface area contributed by atoms with Gasteiger partial charge in [0.1, 0.15) is 5.69 Å². The summed E-state index contributed by atoms with van der Waals surface area (Å²) in [6, 6.07) is 7.01. The number of aromatic nitrogens is 2. The molecule has 0 spiro atoms. The van der Waals surface area contributed by atoms with E-state index in [0.29, 0.717) is 16.2 Å². The topological polar surface area (TPSA) is 88.8 Å². The average Bonchev–Trinajstić information content (AvgIpc) is 2.54. The van der Waals surface area contributed by atoms with Gasteiger partial charge in [0.2, 0.25) is 0 Å². The van der Waals surface area contributed by atoms with Crippen LogP contribution in [0, 0.1) is 6.92 Å². The summed E-state index contributed by atoms with van der Waals surface area (Å²) in [7, 11) is 0. The van der Waals surface area contributed by atoms with Crippen LogP contribution in [0.3, 0.4) is 0 Å². The number of benzene rings is 1. The minimum absolute atomic E-state index is 0.0341. The average molecular weight is 370 g/mol. The van der Waals surface area contributed by atoms with Gasteiger partial charge in [-0.2, -0.15) is 0 Å². The van der Waals surface area contributed by atoms with E-state index in [1.165, 1.54) is 12.3 Å². The Morgan fingerprint density at radius 1 is 1.23 bits per heavy atom. The molecule has 0 bridgehead atoms. The largest absolute Gasteiger partial charge is 0.364 e. The lowest BCUT2D eigenvalue weighted by Gasteiger charge is -2.22. The number of nitrogens with two attached hydrogens (primary N) is 1. The number of carbonyl (C=O) groups excluding carboxylic acids is 1. The zero-order chi connectivity index (χ0) is 19.2. The molecule has 134 valence electrons. The first-order valence-electron chi connectivity index (χ1n) is 8.22. The van der Waals surface area contributed by atoms with Crippen molar-refractivity contribution in [2.45, 2.75) is 33.1 Å². The second-order valence-electron chi connectivity index (χ2n) is 7.39. The number of aryl methyl sites for hydroxylation is 1. The number of halogens is 1. The standard InChI is InChI=1S/C20H20ClN3O2/c1-10-7-12(20(2,3)4)13(21)8-11(10)15-9-16(25)17-14(24-15)5-6-23-18(17)19(22)26/h5-9H,1-4H3,(H2,22,26)(H,24,25). The van der Waals surface area contributed by atoms with E-state index < -0.39 is 5.91 Å². The number of rotatable bonds is 2. The number of fused-ring (bicyclic) bond motifs is 1. The van der Waals surface area contributed by atoms with Crippen LogP contribution in [0.5, 0.6) is 0 Å². The Morgan fingerprint density at radius 3 is 2.54 bits per heavy atom. The van der Waals surface area contributed by atoms with Crippen molar-refractivity contribution in [3.8, 4) is 11.3 Å². The number of hydrogen-bond donors (Lipinski definition) is 2. The number of pyridine rings is 2. The first-order chi connectivity index (χ1) is 12.1. The Labute approximate surface area is 156 Å². The number of amides is 1. The molecule has 2 aromatic heterocycles. The van der Waals surface area contributed by atoms with Gasteiger partial charge in [-0.1, -0.05) is 38.4 Å². The fraction of sp³-hybridized carbons (Fsp3) is 0.250. The molecule has 5 nitrogen and oxygen atoms in total. The number of H-pyrrole nitrogens is 1. The first-order valence-corrected chi connectivity index (χ1v) is 8.60. The monoisotopic (exact) mass is 369 g/mol. The summed E-state index contributed by atoms with van der Waals surface area (Å²) >= 11 is 6.50. The van der Waals surface area contributed by atoms with Crippen molar-refractivity contribution >= 4 is 28.4 Å². The highest BCUT2D eigenvalue weighted by Gasteiger charge is 2.20. The van der Waals surface area contributed by atoms with Crippen molar-refractivity contribution in [3.63, 3.8) is 0 Å². The summed E-state index contributed by atoms with van der Waals surface area (Å²) in [6.45, 7) is 8.28. The van der Waals surface area contributed by atoms with Gasteiger partial charge in [-0.25, -0.2) is 0 Å². The van der Waals surface area contributed by atoms with Crippen LogP contribution in [0.15, 0.2) is 35.3 Å². The second kappa shape index (κ2) is 6.25. The van der Waals surface area contributed by atoms with Crippen LogP contribution < -0.4 is 11.2 Å². The van der Waals surface area contributed by atoms with Crippen molar-refractivity contribution in [1.29, 1.82) is 0 Å².